The molecule has 20 heavy (non-hydrogen) atoms. The van der Waals surface area contributed by atoms with E-state index in [1.54, 1.807) is 4.90 Å². The molecule has 0 heterocycles. The minimum atomic E-state index is -0.161. The Kier molecular flexibility index (Phi) is 6.05. The molecule has 1 aromatic carbocycles. The van der Waals surface area contributed by atoms with Crippen LogP contribution in [0.2, 0.25) is 0 Å². The van der Waals surface area contributed by atoms with E-state index in [2.05, 4.69) is 11.4 Å². The van der Waals surface area contributed by atoms with E-state index in [0.717, 1.165) is 17.8 Å². The molecule has 4 nitrogen and oxygen atoms in total. The van der Waals surface area contributed by atoms with Crippen molar-refractivity contribution in [3.8, 4) is 6.07 Å². The molecule has 0 aliphatic heterocycles. The standard InChI is InChI=1S/C16H23N3O/c1-5-18-15-8-7-12(3)9-14(15)16(20)19(6-2)11-13(4)10-17/h7-9,13,18H,5-6,11H2,1-4H3. The Labute approximate surface area is 121 Å². The molecule has 108 valence electrons. The number of nitriles is 1. The van der Waals surface area contributed by atoms with Crippen LogP contribution in [0, 0.1) is 24.2 Å². The van der Waals surface area contributed by atoms with Crippen LogP contribution in [-0.2, 0) is 0 Å². The Morgan fingerprint density at radius 2 is 2.15 bits per heavy atom. The number of nitrogens with zero attached hydrogens (tertiary/aromatic N) is 2. The lowest BCUT2D eigenvalue weighted by atomic mass is 10.1. The van der Waals surface area contributed by atoms with Crippen LogP contribution in [0.4, 0.5) is 5.69 Å². The molecule has 0 aliphatic rings. The van der Waals surface area contributed by atoms with E-state index in [-0.39, 0.29) is 11.8 Å². The van der Waals surface area contributed by atoms with Crippen LogP contribution in [0.25, 0.3) is 0 Å². The van der Waals surface area contributed by atoms with Crippen molar-refractivity contribution in [3.63, 3.8) is 0 Å². The predicted molar refractivity (Wildman–Crippen MR) is 81.7 cm³/mol. The lowest BCUT2D eigenvalue weighted by Crippen LogP contribution is -2.34. The first kappa shape index (κ1) is 16.0. The molecule has 0 aliphatic carbocycles. The van der Waals surface area contributed by atoms with Crippen LogP contribution in [-0.4, -0.2) is 30.4 Å². The van der Waals surface area contributed by atoms with Gasteiger partial charge in [-0.15, -0.1) is 0 Å². The van der Waals surface area contributed by atoms with Crippen molar-refractivity contribution in [2.75, 3.05) is 25.0 Å². The molecule has 0 radical (unpaired) electrons. The van der Waals surface area contributed by atoms with Gasteiger partial charge in [0.25, 0.3) is 5.91 Å². The fourth-order valence-corrected chi connectivity index (χ4v) is 2.08. The highest BCUT2D eigenvalue weighted by molar-refractivity contribution is 5.99. The number of carbonyl (C=O) groups excluding carboxylic acids is 1. The molecule has 4 heteroatoms. The van der Waals surface area contributed by atoms with E-state index in [1.165, 1.54) is 0 Å². The summed E-state index contributed by atoms with van der Waals surface area (Å²) in [6.45, 7) is 9.58. The normalized spacial score (nSPS) is 11.6. The molecule has 1 unspecified atom stereocenters. The maximum Gasteiger partial charge on any atom is 0.255 e. The first-order valence-corrected chi connectivity index (χ1v) is 7.06. The molecule has 0 bridgehead atoms. The molecule has 0 spiro atoms. The van der Waals surface area contributed by atoms with Crippen LogP contribution in [0.3, 0.4) is 0 Å². The minimum Gasteiger partial charge on any atom is -0.385 e. The van der Waals surface area contributed by atoms with E-state index in [4.69, 9.17) is 5.26 Å². The second kappa shape index (κ2) is 7.54. The van der Waals surface area contributed by atoms with Gasteiger partial charge in [0.15, 0.2) is 0 Å². The van der Waals surface area contributed by atoms with Crippen LogP contribution < -0.4 is 5.32 Å². The number of benzene rings is 1. The van der Waals surface area contributed by atoms with Crippen LogP contribution in [0.1, 0.15) is 36.7 Å². The highest BCUT2D eigenvalue weighted by atomic mass is 16.2. The number of rotatable bonds is 6. The zero-order valence-corrected chi connectivity index (χ0v) is 12.7. The summed E-state index contributed by atoms with van der Waals surface area (Å²) in [4.78, 5) is 14.4. The van der Waals surface area contributed by atoms with Gasteiger partial charge in [0.05, 0.1) is 17.6 Å². The summed E-state index contributed by atoms with van der Waals surface area (Å²) in [5.41, 5.74) is 2.59. The van der Waals surface area contributed by atoms with Gasteiger partial charge in [-0.1, -0.05) is 11.6 Å². The van der Waals surface area contributed by atoms with E-state index >= 15 is 0 Å². The second-order valence-corrected chi connectivity index (χ2v) is 4.95. The van der Waals surface area contributed by atoms with E-state index < -0.39 is 0 Å². The molecule has 1 N–H and O–H groups in total. The monoisotopic (exact) mass is 273 g/mol. The molecule has 0 saturated carbocycles. The summed E-state index contributed by atoms with van der Waals surface area (Å²) >= 11 is 0. The first-order chi connectivity index (χ1) is 9.53. The maximum atomic E-state index is 12.7. The van der Waals surface area contributed by atoms with Crippen molar-refractivity contribution >= 4 is 11.6 Å². The summed E-state index contributed by atoms with van der Waals surface area (Å²) in [5, 5.41) is 12.1. The number of amides is 1. The molecule has 1 rings (SSSR count). The lowest BCUT2D eigenvalue weighted by Gasteiger charge is -2.23. The van der Waals surface area contributed by atoms with Gasteiger partial charge in [0, 0.05) is 25.3 Å². The van der Waals surface area contributed by atoms with Crippen molar-refractivity contribution in [2.45, 2.75) is 27.7 Å². The van der Waals surface area contributed by atoms with Crippen molar-refractivity contribution in [3.05, 3.63) is 29.3 Å². The first-order valence-electron chi connectivity index (χ1n) is 7.06. The van der Waals surface area contributed by atoms with Crippen LogP contribution in [0.15, 0.2) is 18.2 Å². The predicted octanol–water partition coefficient (Wildman–Crippen LogP) is 3.05. The summed E-state index contributed by atoms with van der Waals surface area (Å²) < 4.78 is 0. The molecule has 1 amide bonds. The molecular weight excluding hydrogens is 250 g/mol. The SMILES string of the molecule is CCNc1ccc(C)cc1C(=O)N(CC)CC(C)C#N. The zero-order chi connectivity index (χ0) is 15.1. The molecule has 0 fully saturated rings. The van der Waals surface area contributed by atoms with Crippen molar-refractivity contribution in [2.24, 2.45) is 5.92 Å². The summed E-state index contributed by atoms with van der Waals surface area (Å²) in [6.07, 6.45) is 0. The Bertz CT molecular complexity index is 505. The maximum absolute atomic E-state index is 12.7. The van der Waals surface area contributed by atoms with Gasteiger partial charge in [0.2, 0.25) is 0 Å². The molecule has 1 atom stereocenters. The number of aryl methyl sites for hydroxylation is 1. The van der Waals surface area contributed by atoms with Gasteiger partial charge in [0.1, 0.15) is 0 Å². The fraction of sp³-hybridized carbons (Fsp3) is 0.500. The third-order valence-electron chi connectivity index (χ3n) is 3.16. The Hall–Kier alpha value is -2.02. The Morgan fingerprint density at radius 3 is 2.70 bits per heavy atom. The zero-order valence-electron chi connectivity index (χ0n) is 12.7. The van der Waals surface area contributed by atoms with Gasteiger partial charge in [-0.2, -0.15) is 5.26 Å². The Balaban J connectivity index is 3.05. The number of hydrogen-bond acceptors (Lipinski definition) is 3. The smallest absolute Gasteiger partial charge is 0.255 e. The largest absolute Gasteiger partial charge is 0.385 e. The fourth-order valence-electron chi connectivity index (χ4n) is 2.08. The molecule has 0 saturated heterocycles. The molecular formula is C16H23N3O. The quantitative estimate of drug-likeness (QED) is 0.866. The van der Waals surface area contributed by atoms with Crippen LogP contribution >= 0.6 is 0 Å². The number of hydrogen-bond donors (Lipinski definition) is 1. The second-order valence-electron chi connectivity index (χ2n) is 4.95. The van der Waals surface area contributed by atoms with E-state index in [9.17, 15) is 4.79 Å². The van der Waals surface area contributed by atoms with Gasteiger partial charge >= 0.3 is 0 Å². The van der Waals surface area contributed by atoms with Crippen molar-refractivity contribution in [1.29, 1.82) is 5.26 Å². The summed E-state index contributed by atoms with van der Waals surface area (Å²) in [6, 6.07) is 8.01. The number of anilines is 1. The Morgan fingerprint density at radius 1 is 1.45 bits per heavy atom. The van der Waals surface area contributed by atoms with Crippen molar-refractivity contribution in [1.82, 2.24) is 4.90 Å². The topological polar surface area (TPSA) is 56.1 Å². The average Bonchev–Trinajstić information content (AvgIpc) is 2.45. The van der Waals surface area contributed by atoms with Gasteiger partial charge < -0.3 is 10.2 Å². The summed E-state index contributed by atoms with van der Waals surface area (Å²) in [5.74, 6) is -0.180. The van der Waals surface area contributed by atoms with Gasteiger partial charge in [-0.05, 0) is 39.8 Å². The lowest BCUT2D eigenvalue weighted by molar-refractivity contribution is 0.0753. The molecule has 0 aromatic heterocycles. The number of carbonyl (C=O) groups is 1. The third kappa shape index (κ3) is 3.99. The van der Waals surface area contributed by atoms with E-state index in [0.29, 0.717) is 18.7 Å². The van der Waals surface area contributed by atoms with E-state index in [1.807, 2.05) is 45.9 Å². The minimum absolute atomic E-state index is 0.0192. The highest BCUT2D eigenvalue weighted by Crippen LogP contribution is 2.20. The average molecular weight is 273 g/mol. The highest BCUT2D eigenvalue weighted by Gasteiger charge is 2.19. The number of nitrogens with one attached hydrogen (secondary N) is 1. The van der Waals surface area contributed by atoms with Crippen LogP contribution in [0.5, 0.6) is 0 Å². The third-order valence-corrected chi connectivity index (χ3v) is 3.16. The van der Waals surface area contributed by atoms with Crippen molar-refractivity contribution < 1.29 is 4.79 Å². The summed E-state index contributed by atoms with van der Waals surface area (Å²) in [7, 11) is 0. The van der Waals surface area contributed by atoms with Gasteiger partial charge in [-0.3, -0.25) is 4.79 Å². The molecule has 1 aromatic rings. The van der Waals surface area contributed by atoms with Gasteiger partial charge in [-0.25, -0.2) is 0 Å².